The van der Waals surface area contributed by atoms with Gasteiger partial charge in [0.15, 0.2) is 0 Å². The standard InChI is InChI=1S/C15H13ClN4O/c1-2-21-20(12-7-5-11(16)6-8-12)15-18-10-14-13(19-15)4-3-9-17-14/h3-10H,2H2,1H3. The van der Waals surface area contributed by atoms with E-state index in [-0.39, 0.29) is 0 Å². The van der Waals surface area contributed by atoms with Crippen molar-refractivity contribution in [3.63, 3.8) is 0 Å². The number of hydrogen-bond acceptors (Lipinski definition) is 5. The smallest absolute Gasteiger partial charge is 0.255 e. The van der Waals surface area contributed by atoms with E-state index in [0.29, 0.717) is 17.6 Å². The molecule has 0 unspecified atom stereocenters. The summed E-state index contributed by atoms with van der Waals surface area (Å²) in [5, 5.41) is 2.25. The van der Waals surface area contributed by atoms with Crippen molar-refractivity contribution >= 4 is 34.3 Å². The first-order valence-electron chi connectivity index (χ1n) is 6.54. The summed E-state index contributed by atoms with van der Waals surface area (Å²) in [6.07, 6.45) is 3.39. The molecule has 21 heavy (non-hydrogen) atoms. The van der Waals surface area contributed by atoms with E-state index in [2.05, 4.69) is 15.0 Å². The van der Waals surface area contributed by atoms with E-state index in [9.17, 15) is 0 Å². The van der Waals surface area contributed by atoms with Gasteiger partial charge in [0.1, 0.15) is 5.52 Å². The van der Waals surface area contributed by atoms with Crippen molar-refractivity contribution < 1.29 is 4.84 Å². The van der Waals surface area contributed by atoms with Gasteiger partial charge in [-0.2, -0.15) is 5.06 Å². The molecular weight excluding hydrogens is 288 g/mol. The number of nitrogens with zero attached hydrogens (tertiary/aromatic N) is 4. The van der Waals surface area contributed by atoms with Gasteiger partial charge in [-0.1, -0.05) is 11.6 Å². The molecule has 3 rings (SSSR count). The predicted molar refractivity (Wildman–Crippen MR) is 82.6 cm³/mol. The van der Waals surface area contributed by atoms with E-state index in [0.717, 1.165) is 16.7 Å². The maximum absolute atomic E-state index is 5.92. The summed E-state index contributed by atoms with van der Waals surface area (Å²) in [5.74, 6) is 0.458. The van der Waals surface area contributed by atoms with E-state index in [1.807, 2.05) is 31.2 Å². The quantitative estimate of drug-likeness (QED) is 0.687. The number of rotatable bonds is 4. The molecule has 0 spiro atoms. The van der Waals surface area contributed by atoms with Crippen molar-refractivity contribution in [1.29, 1.82) is 0 Å². The monoisotopic (exact) mass is 300 g/mol. The molecule has 0 N–H and O–H groups in total. The fourth-order valence-electron chi connectivity index (χ4n) is 1.91. The topological polar surface area (TPSA) is 51.1 Å². The van der Waals surface area contributed by atoms with Crippen molar-refractivity contribution in [3.05, 3.63) is 53.8 Å². The van der Waals surface area contributed by atoms with Gasteiger partial charge in [0.05, 0.1) is 24.0 Å². The molecule has 1 aromatic carbocycles. The Kier molecular flexibility index (Phi) is 3.94. The van der Waals surface area contributed by atoms with Crippen LogP contribution in [0.5, 0.6) is 0 Å². The summed E-state index contributed by atoms with van der Waals surface area (Å²) < 4.78 is 0. The van der Waals surface area contributed by atoms with Crippen molar-refractivity contribution in [2.24, 2.45) is 0 Å². The lowest BCUT2D eigenvalue weighted by Gasteiger charge is -2.21. The van der Waals surface area contributed by atoms with Crippen molar-refractivity contribution in [2.75, 3.05) is 11.7 Å². The van der Waals surface area contributed by atoms with Crippen molar-refractivity contribution in [3.8, 4) is 0 Å². The number of aromatic nitrogens is 3. The van der Waals surface area contributed by atoms with Gasteiger partial charge in [-0.15, -0.1) is 0 Å². The van der Waals surface area contributed by atoms with Crippen LogP contribution in [-0.2, 0) is 4.84 Å². The molecule has 2 aromatic heterocycles. The first kappa shape index (κ1) is 13.7. The Morgan fingerprint density at radius 1 is 1.10 bits per heavy atom. The second kappa shape index (κ2) is 6.03. The van der Waals surface area contributed by atoms with Gasteiger partial charge in [-0.25, -0.2) is 9.97 Å². The maximum atomic E-state index is 5.92. The number of anilines is 2. The molecule has 5 nitrogen and oxygen atoms in total. The van der Waals surface area contributed by atoms with Crippen LogP contribution in [0.15, 0.2) is 48.8 Å². The SMILES string of the molecule is CCON(c1ccc(Cl)cc1)c1ncc2ncccc2n1. The number of halogens is 1. The molecule has 2 heterocycles. The second-order valence-corrected chi connectivity index (χ2v) is 4.70. The average Bonchev–Trinajstić information content (AvgIpc) is 2.53. The fraction of sp³-hybridized carbons (Fsp3) is 0.133. The minimum atomic E-state index is 0.458. The lowest BCUT2D eigenvalue weighted by molar-refractivity contribution is 0.146. The second-order valence-electron chi connectivity index (χ2n) is 4.27. The van der Waals surface area contributed by atoms with Gasteiger partial charge in [-0.3, -0.25) is 9.82 Å². The molecule has 0 saturated carbocycles. The van der Waals surface area contributed by atoms with Crippen LogP contribution in [0.3, 0.4) is 0 Å². The number of fused-ring (bicyclic) bond motifs is 1. The van der Waals surface area contributed by atoms with Crippen LogP contribution in [0, 0.1) is 0 Å². The molecule has 0 aliphatic carbocycles. The molecule has 0 aliphatic heterocycles. The molecule has 0 amide bonds. The first-order valence-corrected chi connectivity index (χ1v) is 6.92. The lowest BCUT2D eigenvalue weighted by atomic mass is 10.3. The minimum absolute atomic E-state index is 0.458. The Bertz CT molecular complexity index is 748. The Hall–Kier alpha value is -2.24. The number of hydrogen-bond donors (Lipinski definition) is 0. The van der Waals surface area contributed by atoms with E-state index >= 15 is 0 Å². The van der Waals surface area contributed by atoms with Gasteiger partial charge in [0.25, 0.3) is 5.95 Å². The van der Waals surface area contributed by atoms with Crippen LogP contribution in [0.4, 0.5) is 11.6 Å². The van der Waals surface area contributed by atoms with Gasteiger partial charge >= 0.3 is 0 Å². The fourth-order valence-corrected chi connectivity index (χ4v) is 2.04. The Morgan fingerprint density at radius 2 is 1.90 bits per heavy atom. The highest BCUT2D eigenvalue weighted by molar-refractivity contribution is 6.30. The summed E-state index contributed by atoms with van der Waals surface area (Å²) in [5.41, 5.74) is 2.32. The summed E-state index contributed by atoms with van der Waals surface area (Å²) in [6.45, 7) is 2.41. The van der Waals surface area contributed by atoms with E-state index in [4.69, 9.17) is 16.4 Å². The highest BCUT2D eigenvalue weighted by atomic mass is 35.5. The Labute approximate surface area is 127 Å². The zero-order chi connectivity index (χ0) is 14.7. The third kappa shape index (κ3) is 2.94. The third-order valence-electron chi connectivity index (χ3n) is 2.84. The highest BCUT2D eigenvalue weighted by Gasteiger charge is 2.13. The molecule has 0 radical (unpaired) electrons. The summed E-state index contributed by atoms with van der Waals surface area (Å²) in [6, 6.07) is 11.0. The normalized spacial score (nSPS) is 10.8. The van der Waals surface area contributed by atoms with Crippen LogP contribution < -0.4 is 5.06 Å². The lowest BCUT2D eigenvalue weighted by Crippen LogP contribution is -2.20. The van der Waals surface area contributed by atoms with E-state index < -0.39 is 0 Å². The zero-order valence-corrected chi connectivity index (χ0v) is 12.2. The molecule has 0 saturated heterocycles. The van der Waals surface area contributed by atoms with Gasteiger partial charge < -0.3 is 0 Å². The molecule has 0 fully saturated rings. The van der Waals surface area contributed by atoms with Gasteiger partial charge in [0, 0.05) is 11.2 Å². The maximum Gasteiger partial charge on any atom is 0.255 e. The van der Waals surface area contributed by atoms with Crippen LogP contribution in [0.2, 0.25) is 5.02 Å². The molecule has 0 bridgehead atoms. The van der Waals surface area contributed by atoms with Crippen molar-refractivity contribution in [1.82, 2.24) is 15.0 Å². The van der Waals surface area contributed by atoms with Crippen LogP contribution >= 0.6 is 11.6 Å². The predicted octanol–water partition coefficient (Wildman–Crippen LogP) is 3.77. The summed E-state index contributed by atoms with van der Waals surface area (Å²) in [7, 11) is 0. The van der Waals surface area contributed by atoms with E-state index in [1.54, 1.807) is 29.6 Å². The number of benzene rings is 1. The Balaban J connectivity index is 2.04. The molecule has 3 aromatic rings. The van der Waals surface area contributed by atoms with Crippen molar-refractivity contribution in [2.45, 2.75) is 6.92 Å². The molecule has 106 valence electrons. The van der Waals surface area contributed by atoms with Crippen LogP contribution in [0.25, 0.3) is 11.0 Å². The van der Waals surface area contributed by atoms with Gasteiger partial charge in [0.2, 0.25) is 0 Å². The van der Waals surface area contributed by atoms with Crippen LogP contribution in [0.1, 0.15) is 6.92 Å². The van der Waals surface area contributed by atoms with Gasteiger partial charge in [-0.05, 0) is 43.3 Å². The highest BCUT2D eigenvalue weighted by Crippen LogP contribution is 2.25. The summed E-state index contributed by atoms with van der Waals surface area (Å²) >= 11 is 5.92. The molecular formula is C15H13ClN4O. The van der Waals surface area contributed by atoms with E-state index in [1.165, 1.54) is 0 Å². The third-order valence-corrected chi connectivity index (χ3v) is 3.09. The Morgan fingerprint density at radius 3 is 2.67 bits per heavy atom. The average molecular weight is 301 g/mol. The first-order chi connectivity index (χ1) is 10.3. The molecule has 0 atom stereocenters. The number of pyridine rings is 1. The summed E-state index contributed by atoms with van der Waals surface area (Å²) in [4.78, 5) is 18.7. The molecule has 0 aliphatic rings. The van der Waals surface area contributed by atoms with Crippen LogP contribution in [-0.4, -0.2) is 21.6 Å². The minimum Gasteiger partial charge on any atom is -0.266 e. The molecule has 6 heteroatoms. The largest absolute Gasteiger partial charge is 0.266 e. The zero-order valence-electron chi connectivity index (χ0n) is 11.4.